The fourth-order valence-electron chi connectivity index (χ4n) is 3.38. The molecule has 4 heteroatoms. The number of piperidine rings is 1. The number of nitrogens with zero attached hydrogens (tertiary/aromatic N) is 2. The molecule has 0 aromatic heterocycles. The van der Waals surface area contributed by atoms with Gasteiger partial charge in [0.2, 0.25) is 0 Å². The highest BCUT2D eigenvalue weighted by atomic mass is 16.7. The lowest BCUT2D eigenvalue weighted by Crippen LogP contribution is -2.48. The van der Waals surface area contributed by atoms with Gasteiger partial charge in [0, 0.05) is 25.2 Å². The van der Waals surface area contributed by atoms with E-state index in [9.17, 15) is 4.79 Å². The molecule has 0 N–H and O–H groups in total. The molecule has 0 spiro atoms. The average molecular weight is 296 g/mol. The van der Waals surface area contributed by atoms with E-state index in [2.05, 4.69) is 11.9 Å². The van der Waals surface area contributed by atoms with Crippen molar-refractivity contribution in [3.05, 3.63) is 0 Å². The van der Waals surface area contributed by atoms with Gasteiger partial charge in [-0.05, 0) is 53.5 Å². The predicted octanol–water partition coefficient (Wildman–Crippen LogP) is 3.22. The van der Waals surface area contributed by atoms with Crippen LogP contribution in [0.1, 0.15) is 65.7 Å². The third-order valence-corrected chi connectivity index (χ3v) is 4.97. The molecule has 1 saturated carbocycles. The molecule has 0 radical (unpaired) electrons. The summed E-state index contributed by atoms with van der Waals surface area (Å²) in [5.74, 6) is -0.124. The molecule has 2 fully saturated rings. The van der Waals surface area contributed by atoms with Crippen LogP contribution in [0.5, 0.6) is 0 Å². The monoisotopic (exact) mass is 296 g/mol. The highest BCUT2D eigenvalue weighted by Gasteiger charge is 2.31. The van der Waals surface area contributed by atoms with Crippen LogP contribution < -0.4 is 0 Å². The van der Waals surface area contributed by atoms with Crippen LogP contribution in [0.25, 0.3) is 0 Å². The molecule has 1 saturated heterocycles. The lowest BCUT2D eigenvalue weighted by Gasteiger charge is -2.41. The van der Waals surface area contributed by atoms with Crippen LogP contribution in [-0.2, 0) is 9.63 Å². The van der Waals surface area contributed by atoms with Crippen LogP contribution in [0.3, 0.4) is 0 Å². The second kappa shape index (κ2) is 7.10. The summed E-state index contributed by atoms with van der Waals surface area (Å²) in [6.45, 7) is 7.43. The highest BCUT2D eigenvalue weighted by Crippen LogP contribution is 2.27. The maximum absolute atomic E-state index is 11.9. The zero-order valence-electron chi connectivity index (χ0n) is 14.2. The first-order valence-corrected chi connectivity index (χ1v) is 8.57. The lowest BCUT2D eigenvalue weighted by molar-refractivity contribution is -0.206. The fraction of sp³-hybridized carbons (Fsp3) is 0.941. The molecule has 0 aromatic rings. The molecule has 0 amide bonds. The van der Waals surface area contributed by atoms with Gasteiger partial charge in [-0.3, -0.25) is 0 Å². The summed E-state index contributed by atoms with van der Waals surface area (Å²) in [6.07, 6.45) is 9.10. The number of hydrogen-bond donors (Lipinski definition) is 0. The van der Waals surface area contributed by atoms with Gasteiger partial charge in [0.1, 0.15) is 0 Å². The van der Waals surface area contributed by atoms with Crippen molar-refractivity contribution in [2.24, 2.45) is 5.41 Å². The molecule has 122 valence electrons. The van der Waals surface area contributed by atoms with Crippen molar-refractivity contribution < 1.29 is 9.63 Å². The van der Waals surface area contributed by atoms with E-state index in [0.717, 1.165) is 32.0 Å². The van der Waals surface area contributed by atoms with Crippen molar-refractivity contribution in [3.8, 4) is 0 Å². The third kappa shape index (κ3) is 4.68. The van der Waals surface area contributed by atoms with E-state index in [1.54, 1.807) is 0 Å². The molecule has 1 heterocycles. The number of carbonyl (C=O) groups is 1. The van der Waals surface area contributed by atoms with E-state index < -0.39 is 5.41 Å². The topological polar surface area (TPSA) is 32.8 Å². The number of carbonyl (C=O) groups excluding carboxylic acids is 1. The van der Waals surface area contributed by atoms with Crippen molar-refractivity contribution in [2.45, 2.75) is 77.8 Å². The molecule has 2 aliphatic rings. The normalized spacial score (nSPS) is 23.5. The average Bonchev–Trinajstić information content (AvgIpc) is 2.47. The Morgan fingerprint density at radius 2 is 1.52 bits per heavy atom. The van der Waals surface area contributed by atoms with Gasteiger partial charge >= 0.3 is 5.97 Å². The molecule has 0 atom stereocenters. The molecule has 1 aliphatic carbocycles. The van der Waals surface area contributed by atoms with Crippen LogP contribution in [0.4, 0.5) is 0 Å². The van der Waals surface area contributed by atoms with Crippen molar-refractivity contribution in [1.29, 1.82) is 0 Å². The van der Waals surface area contributed by atoms with Crippen LogP contribution >= 0.6 is 0 Å². The zero-order valence-corrected chi connectivity index (χ0v) is 14.2. The summed E-state index contributed by atoms with van der Waals surface area (Å²) >= 11 is 0. The van der Waals surface area contributed by atoms with E-state index in [-0.39, 0.29) is 5.97 Å². The fourth-order valence-corrected chi connectivity index (χ4v) is 3.38. The second-order valence-electron chi connectivity index (χ2n) is 7.75. The molecule has 0 unspecified atom stereocenters. The molecular weight excluding hydrogens is 264 g/mol. The van der Waals surface area contributed by atoms with E-state index in [1.165, 1.54) is 32.1 Å². The first kappa shape index (κ1) is 16.8. The van der Waals surface area contributed by atoms with Gasteiger partial charge in [0.15, 0.2) is 0 Å². The molecule has 2 rings (SSSR count). The van der Waals surface area contributed by atoms with Gasteiger partial charge in [-0.2, -0.15) is 0 Å². The number of hydroxylamine groups is 2. The Kier molecular flexibility index (Phi) is 5.67. The van der Waals surface area contributed by atoms with Crippen molar-refractivity contribution in [3.63, 3.8) is 0 Å². The van der Waals surface area contributed by atoms with E-state index in [1.807, 2.05) is 25.8 Å². The Morgan fingerprint density at radius 1 is 1.00 bits per heavy atom. The SMILES string of the molecule is CN(C1CCCCC1)C1CCN(OC(=O)C(C)(C)C)CC1. The van der Waals surface area contributed by atoms with Crippen molar-refractivity contribution in [2.75, 3.05) is 20.1 Å². The summed E-state index contributed by atoms with van der Waals surface area (Å²) in [5, 5.41) is 1.86. The molecule has 0 aromatic carbocycles. The van der Waals surface area contributed by atoms with Gasteiger partial charge in [0.05, 0.1) is 5.41 Å². The Hall–Kier alpha value is -0.610. The Bertz CT molecular complexity index is 337. The van der Waals surface area contributed by atoms with E-state index in [0.29, 0.717) is 6.04 Å². The minimum absolute atomic E-state index is 0.124. The summed E-state index contributed by atoms with van der Waals surface area (Å²) < 4.78 is 0. The van der Waals surface area contributed by atoms with Gasteiger partial charge in [0.25, 0.3) is 0 Å². The van der Waals surface area contributed by atoms with Crippen molar-refractivity contribution >= 4 is 5.97 Å². The van der Waals surface area contributed by atoms with E-state index >= 15 is 0 Å². The van der Waals surface area contributed by atoms with Crippen LogP contribution in [0.2, 0.25) is 0 Å². The maximum atomic E-state index is 11.9. The zero-order chi connectivity index (χ0) is 15.5. The highest BCUT2D eigenvalue weighted by molar-refractivity contribution is 5.75. The molecule has 4 nitrogen and oxygen atoms in total. The third-order valence-electron chi connectivity index (χ3n) is 4.97. The number of rotatable bonds is 3. The van der Waals surface area contributed by atoms with Crippen LogP contribution in [0.15, 0.2) is 0 Å². The maximum Gasteiger partial charge on any atom is 0.330 e. The van der Waals surface area contributed by atoms with Gasteiger partial charge in [-0.25, -0.2) is 4.79 Å². The molecule has 21 heavy (non-hydrogen) atoms. The van der Waals surface area contributed by atoms with Gasteiger partial charge in [-0.1, -0.05) is 19.3 Å². The van der Waals surface area contributed by atoms with E-state index in [4.69, 9.17) is 4.84 Å². The van der Waals surface area contributed by atoms with Gasteiger partial charge in [-0.15, -0.1) is 5.06 Å². The largest absolute Gasteiger partial charge is 0.367 e. The smallest absolute Gasteiger partial charge is 0.330 e. The summed E-state index contributed by atoms with van der Waals surface area (Å²) in [6, 6.07) is 1.42. The summed E-state index contributed by atoms with van der Waals surface area (Å²) in [7, 11) is 2.29. The molecule has 0 bridgehead atoms. The molecule has 1 aliphatic heterocycles. The van der Waals surface area contributed by atoms with Crippen LogP contribution in [0, 0.1) is 5.41 Å². The van der Waals surface area contributed by atoms with Crippen molar-refractivity contribution in [1.82, 2.24) is 9.96 Å². The Labute approximate surface area is 129 Å². The second-order valence-corrected chi connectivity index (χ2v) is 7.75. The number of hydrogen-bond acceptors (Lipinski definition) is 4. The van der Waals surface area contributed by atoms with Gasteiger partial charge < -0.3 is 9.74 Å². The van der Waals surface area contributed by atoms with Crippen LogP contribution in [-0.4, -0.2) is 48.2 Å². The summed E-state index contributed by atoms with van der Waals surface area (Å²) in [5.41, 5.74) is -0.421. The minimum Gasteiger partial charge on any atom is -0.367 e. The standard InChI is InChI=1S/C17H32N2O2/c1-17(2,3)16(20)21-19-12-10-15(11-13-19)18(4)14-8-6-5-7-9-14/h14-15H,5-13H2,1-4H3. The first-order valence-electron chi connectivity index (χ1n) is 8.57. The minimum atomic E-state index is -0.421. The molecular formula is C17H32N2O2. The Morgan fingerprint density at radius 3 is 2.05 bits per heavy atom. The quantitative estimate of drug-likeness (QED) is 0.800. The summed E-state index contributed by atoms with van der Waals surface area (Å²) in [4.78, 5) is 20.0. The first-order chi connectivity index (χ1) is 9.88. The Balaban J connectivity index is 1.76. The predicted molar refractivity (Wildman–Crippen MR) is 84.8 cm³/mol. The lowest BCUT2D eigenvalue weighted by atomic mass is 9.92.